The Morgan fingerprint density at radius 2 is 1.67 bits per heavy atom. The molecule has 0 radical (unpaired) electrons. The number of hydrogen-bond donors (Lipinski definition) is 2. The summed E-state index contributed by atoms with van der Waals surface area (Å²) in [4.78, 5) is 8.77. The van der Waals surface area contributed by atoms with Crippen molar-refractivity contribution in [3.05, 3.63) is 58.2 Å². The summed E-state index contributed by atoms with van der Waals surface area (Å²) in [5.41, 5.74) is 2.14. The number of nitrogens with one attached hydrogen (secondary N) is 1. The van der Waals surface area contributed by atoms with Crippen molar-refractivity contribution in [1.82, 2.24) is 9.97 Å². The van der Waals surface area contributed by atoms with Gasteiger partial charge in [-0.1, -0.05) is 35.3 Å². The summed E-state index contributed by atoms with van der Waals surface area (Å²) in [5, 5.41) is 9.02. The first-order valence-corrected chi connectivity index (χ1v) is 9.10. The highest BCUT2D eigenvalue weighted by atomic mass is 35.5. The molecule has 0 atom stereocenters. The van der Waals surface area contributed by atoms with Crippen LogP contribution in [0.25, 0.3) is 11.0 Å². The lowest BCUT2D eigenvalue weighted by Gasteiger charge is -2.07. The van der Waals surface area contributed by atoms with Gasteiger partial charge in [-0.2, -0.15) is 0 Å². The van der Waals surface area contributed by atoms with Crippen LogP contribution in [0.15, 0.2) is 47.5 Å². The molecule has 3 rings (SSSR count). The van der Waals surface area contributed by atoms with Crippen LogP contribution in [-0.4, -0.2) is 18.4 Å². The second-order valence-electron chi connectivity index (χ2n) is 5.05. The molecule has 1 heterocycles. The normalized spacial score (nSPS) is 11.6. The van der Waals surface area contributed by atoms with E-state index in [9.17, 15) is 8.42 Å². The fourth-order valence-corrected chi connectivity index (χ4v) is 2.91. The second-order valence-corrected chi connectivity index (χ2v) is 7.43. The average molecular weight is 383 g/mol. The number of nitrogens with two attached hydrogens (primary N) is 1. The molecular weight excluding hydrogens is 371 g/mol. The van der Waals surface area contributed by atoms with Crippen LogP contribution >= 0.6 is 23.2 Å². The average Bonchev–Trinajstić information content (AvgIpc) is 2.53. The minimum atomic E-state index is -3.68. The highest BCUT2D eigenvalue weighted by Gasteiger charge is 2.07. The summed E-state index contributed by atoms with van der Waals surface area (Å²) < 4.78 is 22.4. The Morgan fingerprint density at radius 1 is 1.04 bits per heavy atom. The van der Waals surface area contributed by atoms with Gasteiger partial charge in [-0.25, -0.2) is 18.5 Å². The van der Waals surface area contributed by atoms with Crippen LogP contribution < -0.4 is 10.5 Å². The molecule has 0 bridgehead atoms. The molecule has 0 amide bonds. The SMILES string of the molecule is NS(=O)(=O)c1ccc(CNc2cnc3cc(Cl)c(Cl)cc3n2)cc1. The van der Waals surface area contributed by atoms with E-state index in [1.54, 1.807) is 30.5 Å². The van der Waals surface area contributed by atoms with E-state index in [1.165, 1.54) is 12.1 Å². The van der Waals surface area contributed by atoms with E-state index in [2.05, 4.69) is 15.3 Å². The lowest BCUT2D eigenvalue weighted by Crippen LogP contribution is -2.12. The third kappa shape index (κ3) is 3.76. The van der Waals surface area contributed by atoms with Gasteiger partial charge in [0.05, 0.1) is 32.2 Å². The number of fused-ring (bicyclic) bond motifs is 1. The minimum absolute atomic E-state index is 0.0725. The smallest absolute Gasteiger partial charge is 0.238 e. The number of primary sulfonamides is 1. The van der Waals surface area contributed by atoms with E-state index in [0.717, 1.165) is 5.56 Å². The Labute approximate surface area is 148 Å². The molecule has 6 nitrogen and oxygen atoms in total. The Hall–Kier alpha value is -1.93. The second kappa shape index (κ2) is 6.52. The maximum Gasteiger partial charge on any atom is 0.238 e. The standard InChI is InChI=1S/C15H12Cl2N4O2S/c16-11-5-13-14(6-12(11)17)21-15(8-19-13)20-7-9-1-3-10(4-2-9)24(18,22)23/h1-6,8H,7H2,(H,20,21)(H2,18,22,23). The zero-order valence-corrected chi connectivity index (χ0v) is 14.5. The van der Waals surface area contributed by atoms with Crippen LogP contribution in [0.2, 0.25) is 10.0 Å². The number of hydrogen-bond acceptors (Lipinski definition) is 5. The summed E-state index contributed by atoms with van der Waals surface area (Å²) in [6.45, 7) is 0.451. The summed E-state index contributed by atoms with van der Waals surface area (Å²) in [6, 6.07) is 9.58. The maximum atomic E-state index is 11.2. The van der Waals surface area contributed by atoms with Gasteiger partial charge in [0, 0.05) is 6.54 Å². The van der Waals surface area contributed by atoms with Crippen molar-refractivity contribution in [3.8, 4) is 0 Å². The monoisotopic (exact) mass is 382 g/mol. The van der Waals surface area contributed by atoms with Gasteiger partial charge in [-0.15, -0.1) is 0 Å². The predicted molar refractivity (Wildman–Crippen MR) is 94.7 cm³/mol. The summed E-state index contributed by atoms with van der Waals surface area (Å²) in [6.07, 6.45) is 1.59. The van der Waals surface area contributed by atoms with Gasteiger partial charge in [0.1, 0.15) is 5.82 Å². The Kier molecular flexibility index (Phi) is 4.60. The third-order valence-corrected chi connectivity index (χ3v) is 4.96. The van der Waals surface area contributed by atoms with E-state index in [-0.39, 0.29) is 4.90 Å². The Bertz CT molecular complexity index is 1010. The number of halogens is 2. The van der Waals surface area contributed by atoms with E-state index in [0.29, 0.717) is 33.4 Å². The molecule has 0 aliphatic heterocycles. The largest absolute Gasteiger partial charge is 0.365 e. The lowest BCUT2D eigenvalue weighted by molar-refractivity contribution is 0.598. The highest BCUT2D eigenvalue weighted by Crippen LogP contribution is 2.26. The van der Waals surface area contributed by atoms with Gasteiger partial charge in [-0.3, -0.25) is 4.98 Å². The quantitative estimate of drug-likeness (QED) is 0.721. The van der Waals surface area contributed by atoms with Gasteiger partial charge in [-0.05, 0) is 29.8 Å². The molecule has 2 aromatic carbocycles. The van der Waals surface area contributed by atoms with Crippen molar-refractivity contribution >= 4 is 50.1 Å². The Morgan fingerprint density at radius 3 is 2.29 bits per heavy atom. The van der Waals surface area contributed by atoms with Crippen LogP contribution in [0.5, 0.6) is 0 Å². The van der Waals surface area contributed by atoms with Gasteiger partial charge < -0.3 is 5.32 Å². The van der Waals surface area contributed by atoms with Gasteiger partial charge >= 0.3 is 0 Å². The van der Waals surface area contributed by atoms with Crippen LogP contribution in [0, 0.1) is 0 Å². The molecular formula is C15H12Cl2N4O2S. The number of benzene rings is 2. The van der Waals surface area contributed by atoms with E-state index >= 15 is 0 Å². The van der Waals surface area contributed by atoms with Crippen LogP contribution in [0.3, 0.4) is 0 Å². The molecule has 0 fully saturated rings. The molecule has 124 valence electrons. The van der Waals surface area contributed by atoms with Crippen molar-refractivity contribution in [2.45, 2.75) is 11.4 Å². The minimum Gasteiger partial charge on any atom is -0.365 e. The maximum absolute atomic E-state index is 11.2. The Balaban J connectivity index is 1.77. The topological polar surface area (TPSA) is 98.0 Å². The van der Waals surface area contributed by atoms with E-state index in [4.69, 9.17) is 28.3 Å². The van der Waals surface area contributed by atoms with Crippen LogP contribution in [0.1, 0.15) is 5.56 Å². The third-order valence-electron chi connectivity index (χ3n) is 3.31. The molecule has 0 unspecified atom stereocenters. The first kappa shape index (κ1) is 16.9. The molecule has 0 saturated carbocycles. The zero-order chi connectivity index (χ0) is 17.3. The van der Waals surface area contributed by atoms with Gasteiger partial charge in [0.15, 0.2) is 0 Å². The summed E-state index contributed by atoms with van der Waals surface area (Å²) in [7, 11) is -3.68. The van der Waals surface area contributed by atoms with Crippen molar-refractivity contribution in [2.75, 3.05) is 5.32 Å². The fraction of sp³-hybridized carbons (Fsp3) is 0.0667. The first-order chi connectivity index (χ1) is 11.3. The molecule has 1 aromatic heterocycles. The molecule has 3 aromatic rings. The van der Waals surface area contributed by atoms with E-state index < -0.39 is 10.0 Å². The molecule has 24 heavy (non-hydrogen) atoms. The number of sulfonamides is 1. The van der Waals surface area contributed by atoms with Crippen molar-refractivity contribution in [1.29, 1.82) is 0 Å². The van der Waals surface area contributed by atoms with Crippen molar-refractivity contribution in [2.24, 2.45) is 5.14 Å². The molecule has 9 heteroatoms. The van der Waals surface area contributed by atoms with Gasteiger partial charge in [0.25, 0.3) is 0 Å². The first-order valence-electron chi connectivity index (χ1n) is 6.80. The van der Waals surface area contributed by atoms with Crippen LogP contribution in [-0.2, 0) is 16.6 Å². The summed E-state index contributed by atoms with van der Waals surface area (Å²) in [5.74, 6) is 0.566. The van der Waals surface area contributed by atoms with Crippen LogP contribution in [0.4, 0.5) is 5.82 Å². The molecule has 0 aliphatic rings. The van der Waals surface area contributed by atoms with E-state index in [1.807, 2.05) is 0 Å². The van der Waals surface area contributed by atoms with Crippen molar-refractivity contribution < 1.29 is 8.42 Å². The zero-order valence-electron chi connectivity index (χ0n) is 12.2. The fourth-order valence-electron chi connectivity index (χ4n) is 2.08. The number of anilines is 1. The number of rotatable bonds is 4. The predicted octanol–water partition coefficient (Wildman–Crippen LogP) is 3.20. The van der Waals surface area contributed by atoms with Crippen molar-refractivity contribution in [3.63, 3.8) is 0 Å². The molecule has 3 N–H and O–H groups in total. The highest BCUT2D eigenvalue weighted by molar-refractivity contribution is 7.89. The molecule has 0 saturated heterocycles. The lowest BCUT2D eigenvalue weighted by atomic mass is 10.2. The summed E-state index contributed by atoms with van der Waals surface area (Å²) >= 11 is 11.9. The van der Waals surface area contributed by atoms with Gasteiger partial charge in [0.2, 0.25) is 10.0 Å². The molecule has 0 spiro atoms. The number of nitrogens with zero attached hydrogens (tertiary/aromatic N) is 2. The molecule has 0 aliphatic carbocycles. The number of aromatic nitrogens is 2.